The molecule has 1 fully saturated rings. The molecule has 1 aliphatic rings. The Morgan fingerprint density at radius 1 is 1.17 bits per heavy atom. The molecule has 1 N–H and O–H groups in total. The number of aromatic amines is 1. The van der Waals surface area contributed by atoms with E-state index in [1.807, 2.05) is 0 Å². The van der Waals surface area contributed by atoms with Crippen LogP contribution >= 0.6 is 23.2 Å². The lowest BCUT2D eigenvalue weighted by molar-refractivity contribution is 0.306. The molecule has 0 amide bonds. The molecule has 3 rings (SSSR count). The lowest BCUT2D eigenvalue weighted by Crippen LogP contribution is -2.26. The third-order valence-corrected chi connectivity index (χ3v) is 4.59. The van der Waals surface area contributed by atoms with Crippen LogP contribution in [0.4, 0.5) is 0 Å². The van der Waals surface area contributed by atoms with Crippen LogP contribution in [-0.4, -0.2) is 15.0 Å². The summed E-state index contributed by atoms with van der Waals surface area (Å²) in [4.78, 5) is 12.2. The Hall–Kier alpha value is -0.800. The average molecular weight is 284 g/mol. The van der Waals surface area contributed by atoms with Crippen molar-refractivity contribution in [2.45, 2.75) is 44.4 Å². The summed E-state index contributed by atoms with van der Waals surface area (Å²) in [5.41, 5.74) is 1.66. The van der Waals surface area contributed by atoms with E-state index >= 15 is 0 Å². The van der Waals surface area contributed by atoms with Gasteiger partial charge in [-0.05, 0) is 18.9 Å². The molecule has 5 heteroatoms. The van der Waals surface area contributed by atoms with Gasteiger partial charge < -0.3 is 4.98 Å². The maximum absolute atomic E-state index is 5.98. The molecule has 18 heavy (non-hydrogen) atoms. The molecular weight excluding hydrogens is 269 g/mol. The summed E-state index contributed by atoms with van der Waals surface area (Å²) in [6.07, 6.45) is 6.21. The second-order valence-corrected chi connectivity index (χ2v) is 6.10. The van der Waals surface area contributed by atoms with Crippen LogP contribution in [0.3, 0.4) is 0 Å². The highest BCUT2D eigenvalue weighted by molar-refractivity contribution is 6.41. The van der Waals surface area contributed by atoms with Crippen molar-refractivity contribution in [3.8, 4) is 0 Å². The fourth-order valence-electron chi connectivity index (χ4n) is 2.75. The molecule has 2 aromatic rings. The van der Waals surface area contributed by atoms with E-state index in [0.29, 0.717) is 15.8 Å². The minimum atomic E-state index is 0.137. The molecule has 2 heterocycles. The van der Waals surface area contributed by atoms with Crippen LogP contribution in [0.15, 0.2) is 6.07 Å². The van der Waals surface area contributed by atoms with Gasteiger partial charge in [0.15, 0.2) is 5.65 Å². The van der Waals surface area contributed by atoms with Gasteiger partial charge >= 0.3 is 0 Å². The quantitative estimate of drug-likeness (QED) is 0.784. The highest BCUT2D eigenvalue weighted by atomic mass is 35.5. The van der Waals surface area contributed by atoms with Crippen molar-refractivity contribution in [1.82, 2.24) is 15.0 Å². The van der Waals surface area contributed by atoms with E-state index in [1.165, 1.54) is 32.1 Å². The van der Waals surface area contributed by atoms with Crippen molar-refractivity contribution in [3.63, 3.8) is 0 Å². The zero-order chi connectivity index (χ0) is 12.8. The summed E-state index contributed by atoms with van der Waals surface area (Å²) in [6.45, 7) is 2.27. The van der Waals surface area contributed by atoms with Gasteiger partial charge in [-0.15, -0.1) is 0 Å². The normalized spacial score (nSPS) is 19.3. The number of fused-ring (bicyclic) bond motifs is 1. The maximum Gasteiger partial charge on any atom is 0.179 e. The molecule has 0 atom stereocenters. The summed E-state index contributed by atoms with van der Waals surface area (Å²) in [6, 6.07) is 1.80. The van der Waals surface area contributed by atoms with Crippen LogP contribution in [-0.2, 0) is 5.41 Å². The Balaban J connectivity index is 2.07. The fraction of sp³-hybridized carbons (Fsp3) is 0.538. The molecule has 0 saturated heterocycles. The molecule has 1 aliphatic carbocycles. The van der Waals surface area contributed by atoms with Crippen LogP contribution < -0.4 is 0 Å². The SMILES string of the molecule is CC1(c2nc3nc(Cl)c(Cl)cc3[nH]2)CCCCC1. The molecule has 96 valence electrons. The molecule has 0 aliphatic heterocycles. The lowest BCUT2D eigenvalue weighted by Gasteiger charge is -2.31. The first kappa shape index (κ1) is 12.2. The predicted molar refractivity (Wildman–Crippen MR) is 74.3 cm³/mol. The van der Waals surface area contributed by atoms with E-state index in [-0.39, 0.29) is 5.41 Å². The van der Waals surface area contributed by atoms with E-state index in [2.05, 4.69) is 21.9 Å². The van der Waals surface area contributed by atoms with Crippen molar-refractivity contribution in [1.29, 1.82) is 0 Å². The zero-order valence-electron chi connectivity index (χ0n) is 10.3. The Morgan fingerprint density at radius 3 is 2.61 bits per heavy atom. The number of hydrogen-bond acceptors (Lipinski definition) is 2. The van der Waals surface area contributed by atoms with Crippen molar-refractivity contribution < 1.29 is 0 Å². The standard InChI is InChI=1S/C13H15Cl2N3/c1-13(5-3-2-4-6-13)12-16-9-7-8(14)10(15)17-11(9)18-12/h7H,2-6H2,1H3,(H,16,17,18). The molecule has 3 nitrogen and oxygen atoms in total. The second-order valence-electron chi connectivity index (χ2n) is 5.34. The van der Waals surface area contributed by atoms with Gasteiger partial charge in [-0.3, -0.25) is 0 Å². The molecule has 0 bridgehead atoms. The number of hydrogen-bond donors (Lipinski definition) is 1. The number of H-pyrrole nitrogens is 1. The molecule has 0 aromatic carbocycles. The van der Waals surface area contributed by atoms with E-state index in [4.69, 9.17) is 23.2 Å². The van der Waals surface area contributed by atoms with E-state index in [0.717, 1.165) is 11.3 Å². The number of nitrogens with zero attached hydrogens (tertiary/aromatic N) is 2. The highest BCUT2D eigenvalue weighted by Gasteiger charge is 2.32. The Bertz CT molecular complexity index is 546. The van der Waals surface area contributed by atoms with Gasteiger partial charge in [-0.1, -0.05) is 49.4 Å². The van der Waals surface area contributed by atoms with Gasteiger partial charge in [0.1, 0.15) is 11.0 Å². The van der Waals surface area contributed by atoms with Gasteiger partial charge in [0.25, 0.3) is 0 Å². The molecule has 0 spiro atoms. The first-order valence-electron chi connectivity index (χ1n) is 6.31. The lowest BCUT2D eigenvalue weighted by atomic mass is 9.75. The van der Waals surface area contributed by atoms with Crippen molar-refractivity contribution in [2.75, 3.05) is 0 Å². The van der Waals surface area contributed by atoms with Crippen molar-refractivity contribution in [3.05, 3.63) is 22.1 Å². The second kappa shape index (κ2) is 4.39. The minimum absolute atomic E-state index is 0.137. The average Bonchev–Trinajstić information content (AvgIpc) is 2.74. The summed E-state index contributed by atoms with van der Waals surface area (Å²) in [5, 5.41) is 0.782. The van der Waals surface area contributed by atoms with Crippen LogP contribution in [0.1, 0.15) is 44.9 Å². The van der Waals surface area contributed by atoms with Gasteiger partial charge in [-0.2, -0.15) is 0 Å². The highest BCUT2D eigenvalue weighted by Crippen LogP contribution is 2.38. The topological polar surface area (TPSA) is 41.6 Å². The van der Waals surface area contributed by atoms with E-state index in [1.54, 1.807) is 6.07 Å². The summed E-state index contributed by atoms with van der Waals surface area (Å²) < 4.78 is 0. The molecule has 2 aromatic heterocycles. The fourth-order valence-corrected chi connectivity index (χ4v) is 3.04. The molecule has 0 radical (unpaired) electrons. The Labute approximate surface area is 116 Å². The van der Waals surface area contributed by atoms with Crippen LogP contribution in [0.2, 0.25) is 10.2 Å². The molecular formula is C13H15Cl2N3. The van der Waals surface area contributed by atoms with E-state index < -0.39 is 0 Å². The zero-order valence-corrected chi connectivity index (χ0v) is 11.8. The van der Waals surface area contributed by atoms with Gasteiger partial charge in [0, 0.05) is 5.41 Å². The largest absolute Gasteiger partial charge is 0.340 e. The summed E-state index contributed by atoms with van der Waals surface area (Å²) in [5.74, 6) is 1.02. The van der Waals surface area contributed by atoms with Gasteiger partial charge in [0.2, 0.25) is 0 Å². The molecule has 1 saturated carbocycles. The maximum atomic E-state index is 5.98. The first-order valence-corrected chi connectivity index (χ1v) is 7.06. The summed E-state index contributed by atoms with van der Waals surface area (Å²) in [7, 11) is 0. The van der Waals surface area contributed by atoms with Crippen LogP contribution in [0.25, 0.3) is 11.2 Å². The number of imidazole rings is 1. The van der Waals surface area contributed by atoms with Gasteiger partial charge in [-0.25, -0.2) is 9.97 Å². The predicted octanol–water partition coefficient (Wildman–Crippen LogP) is 4.49. The molecule has 0 unspecified atom stereocenters. The van der Waals surface area contributed by atoms with Gasteiger partial charge in [0.05, 0.1) is 10.5 Å². The van der Waals surface area contributed by atoms with Crippen LogP contribution in [0.5, 0.6) is 0 Å². The smallest absolute Gasteiger partial charge is 0.179 e. The first-order chi connectivity index (χ1) is 8.58. The number of aromatic nitrogens is 3. The Morgan fingerprint density at radius 2 is 1.89 bits per heavy atom. The Kier molecular flexibility index (Phi) is 2.99. The minimum Gasteiger partial charge on any atom is -0.340 e. The number of pyridine rings is 1. The summed E-state index contributed by atoms with van der Waals surface area (Å²) >= 11 is 11.9. The third kappa shape index (κ3) is 1.99. The van der Waals surface area contributed by atoms with E-state index in [9.17, 15) is 0 Å². The number of rotatable bonds is 1. The van der Waals surface area contributed by atoms with Crippen molar-refractivity contribution in [2.24, 2.45) is 0 Å². The number of nitrogens with one attached hydrogen (secondary N) is 1. The van der Waals surface area contributed by atoms with Crippen LogP contribution in [0, 0.1) is 0 Å². The number of halogens is 2. The monoisotopic (exact) mass is 283 g/mol. The third-order valence-electron chi connectivity index (χ3n) is 3.91. The van der Waals surface area contributed by atoms with Crippen molar-refractivity contribution >= 4 is 34.4 Å².